The Morgan fingerprint density at radius 3 is 2.52 bits per heavy atom. The maximum Gasteiger partial charge on any atom is 0.163 e. The largest absolute Gasteiger partial charge is 0.376 e. The number of carbonyl (C=O) groups is 1. The number of benzene rings is 1. The Bertz CT molecular complexity index is 677. The van der Waals surface area contributed by atoms with Gasteiger partial charge >= 0.3 is 0 Å². The zero-order valence-electron chi connectivity index (χ0n) is 19.1. The first kappa shape index (κ1) is 23.8. The maximum absolute atomic E-state index is 11.2. The first-order valence-electron chi connectivity index (χ1n) is 10.7. The second-order valence-electron chi connectivity index (χ2n) is 9.57. The van der Waals surface area contributed by atoms with Crippen molar-refractivity contribution in [3.05, 3.63) is 48.0 Å². The number of ether oxygens (including phenoxy) is 3. The third-order valence-electron chi connectivity index (χ3n) is 5.60. The van der Waals surface area contributed by atoms with E-state index in [1.807, 2.05) is 38.1 Å². The quantitative estimate of drug-likeness (QED) is 0.508. The Kier molecular flexibility index (Phi) is 8.21. The smallest absolute Gasteiger partial charge is 0.163 e. The molecule has 2 rings (SSSR count). The molecule has 1 aromatic rings. The summed E-state index contributed by atoms with van der Waals surface area (Å²) in [4.78, 5) is 11.2. The van der Waals surface area contributed by atoms with Gasteiger partial charge in [-0.05, 0) is 44.7 Å². The molecule has 0 bridgehead atoms. The van der Waals surface area contributed by atoms with Crippen LogP contribution in [-0.4, -0.2) is 30.4 Å². The number of ketones is 1. The van der Waals surface area contributed by atoms with E-state index in [0.717, 1.165) is 6.42 Å². The number of allylic oxidation sites excluding steroid dienone is 2. The van der Waals surface area contributed by atoms with E-state index in [1.54, 1.807) is 13.0 Å². The summed E-state index contributed by atoms with van der Waals surface area (Å²) in [6.07, 6.45) is 4.46. The number of carbonyl (C=O) groups excluding carboxylic acids is 1. The molecule has 0 saturated carbocycles. The molecule has 162 valence electrons. The average Bonchev–Trinajstić information content (AvgIpc) is 2.63. The van der Waals surface area contributed by atoms with Crippen LogP contribution in [0.1, 0.15) is 60.5 Å². The highest BCUT2D eigenvalue weighted by molar-refractivity contribution is 5.87. The Hall–Kier alpha value is -1.49. The highest BCUT2D eigenvalue weighted by Crippen LogP contribution is 2.42. The van der Waals surface area contributed by atoms with E-state index in [-0.39, 0.29) is 35.2 Å². The van der Waals surface area contributed by atoms with E-state index in [2.05, 4.69) is 39.8 Å². The van der Waals surface area contributed by atoms with E-state index in [1.165, 1.54) is 5.56 Å². The van der Waals surface area contributed by atoms with E-state index in [0.29, 0.717) is 13.2 Å². The van der Waals surface area contributed by atoms with Gasteiger partial charge in [0, 0.05) is 11.3 Å². The van der Waals surface area contributed by atoms with Gasteiger partial charge in [-0.25, -0.2) is 0 Å². The Balaban J connectivity index is 2.05. The van der Waals surface area contributed by atoms with Crippen LogP contribution >= 0.6 is 0 Å². The molecule has 4 nitrogen and oxygen atoms in total. The van der Waals surface area contributed by atoms with Gasteiger partial charge in [-0.3, -0.25) is 4.79 Å². The molecule has 4 heteroatoms. The second-order valence-corrected chi connectivity index (χ2v) is 9.57. The number of hydrogen-bond donors (Lipinski definition) is 0. The standard InChI is InChI=1S/C25H38O4/c1-18(12-11-13-19(2)26)22-20(3)23(29-25(6,7)28-22)24(4,5)17-27-16-21-14-9-8-10-15-21/h8-11,13-15,18,20,22-23H,12,16-17H2,1-7H3/b13-11+/t18-,20+,22-,23+/m0/s1. The van der Waals surface area contributed by atoms with Gasteiger partial charge in [0.25, 0.3) is 0 Å². The SMILES string of the molecule is CC(=O)/C=C/C[C@H](C)[C@@H]1OC(C)(C)O[C@@H](C(C)(C)COCc2ccccc2)[C@@H]1C. The molecule has 1 fully saturated rings. The van der Waals surface area contributed by atoms with E-state index < -0.39 is 5.79 Å². The Morgan fingerprint density at radius 1 is 1.24 bits per heavy atom. The predicted octanol–water partition coefficient (Wildman–Crippen LogP) is 5.56. The predicted molar refractivity (Wildman–Crippen MR) is 116 cm³/mol. The maximum atomic E-state index is 11.2. The third kappa shape index (κ3) is 7.06. The lowest BCUT2D eigenvalue weighted by molar-refractivity contribution is -0.345. The molecule has 0 unspecified atom stereocenters. The van der Waals surface area contributed by atoms with Gasteiger partial charge in [0.15, 0.2) is 11.6 Å². The molecule has 0 aliphatic carbocycles. The average molecular weight is 403 g/mol. The lowest BCUT2D eigenvalue weighted by atomic mass is 9.74. The summed E-state index contributed by atoms with van der Waals surface area (Å²) in [5.41, 5.74) is 1.01. The van der Waals surface area contributed by atoms with Gasteiger partial charge in [-0.15, -0.1) is 0 Å². The molecule has 0 radical (unpaired) electrons. The zero-order chi connectivity index (χ0) is 21.7. The molecular weight excluding hydrogens is 364 g/mol. The minimum absolute atomic E-state index is 0.00580. The van der Waals surface area contributed by atoms with E-state index in [4.69, 9.17) is 14.2 Å². The fourth-order valence-electron chi connectivity index (χ4n) is 4.22. The van der Waals surface area contributed by atoms with Crippen molar-refractivity contribution in [2.24, 2.45) is 17.3 Å². The van der Waals surface area contributed by atoms with Crippen LogP contribution in [0.25, 0.3) is 0 Å². The van der Waals surface area contributed by atoms with E-state index >= 15 is 0 Å². The van der Waals surface area contributed by atoms with Crippen LogP contribution in [0.3, 0.4) is 0 Å². The van der Waals surface area contributed by atoms with Crippen molar-refractivity contribution in [2.45, 2.75) is 79.5 Å². The van der Waals surface area contributed by atoms with Gasteiger partial charge in [-0.2, -0.15) is 0 Å². The molecule has 1 aliphatic heterocycles. The van der Waals surface area contributed by atoms with Crippen molar-refractivity contribution in [3.63, 3.8) is 0 Å². The van der Waals surface area contributed by atoms with Crippen LogP contribution in [0.5, 0.6) is 0 Å². The van der Waals surface area contributed by atoms with Crippen molar-refractivity contribution in [1.82, 2.24) is 0 Å². The Labute approximate surface area is 176 Å². The van der Waals surface area contributed by atoms with Gasteiger partial charge < -0.3 is 14.2 Å². The number of rotatable bonds is 9. The van der Waals surface area contributed by atoms with Crippen LogP contribution < -0.4 is 0 Å². The molecule has 4 atom stereocenters. The number of hydrogen-bond acceptors (Lipinski definition) is 4. The first-order valence-corrected chi connectivity index (χ1v) is 10.7. The van der Waals surface area contributed by atoms with Crippen LogP contribution in [-0.2, 0) is 25.6 Å². The molecule has 0 N–H and O–H groups in total. The topological polar surface area (TPSA) is 44.8 Å². The van der Waals surface area contributed by atoms with Crippen molar-refractivity contribution in [1.29, 1.82) is 0 Å². The normalized spacial score (nSPS) is 25.8. The third-order valence-corrected chi connectivity index (χ3v) is 5.60. The van der Waals surface area contributed by atoms with Crippen LogP contribution in [0.15, 0.2) is 42.5 Å². The lowest BCUT2D eigenvalue weighted by Gasteiger charge is -2.51. The minimum atomic E-state index is -0.656. The fourth-order valence-corrected chi connectivity index (χ4v) is 4.22. The zero-order valence-corrected chi connectivity index (χ0v) is 19.1. The van der Waals surface area contributed by atoms with E-state index in [9.17, 15) is 4.79 Å². The van der Waals surface area contributed by atoms with Crippen LogP contribution in [0, 0.1) is 17.3 Å². The van der Waals surface area contributed by atoms with Crippen molar-refractivity contribution in [2.75, 3.05) is 6.61 Å². The lowest BCUT2D eigenvalue weighted by Crippen LogP contribution is -2.57. The monoisotopic (exact) mass is 402 g/mol. The molecule has 0 aromatic heterocycles. The van der Waals surface area contributed by atoms with Gasteiger partial charge in [0.05, 0.1) is 25.4 Å². The molecule has 1 saturated heterocycles. The Morgan fingerprint density at radius 2 is 1.90 bits per heavy atom. The highest BCUT2D eigenvalue weighted by atomic mass is 16.7. The van der Waals surface area contributed by atoms with Crippen molar-refractivity contribution in [3.8, 4) is 0 Å². The molecule has 0 spiro atoms. The molecular formula is C25H38O4. The summed E-state index contributed by atoms with van der Waals surface area (Å²) in [7, 11) is 0. The summed E-state index contributed by atoms with van der Waals surface area (Å²) in [5.74, 6) is -0.0867. The summed E-state index contributed by atoms with van der Waals surface area (Å²) < 4.78 is 18.8. The first-order chi connectivity index (χ1) is 13.5. The summed E-state index contributed by atoms with van der Waals surface area (Å²) in [5, 5.41) is 0. The van der Waals surface area contributed by atoms with Crippen LogP contribution in [0.2, 0.25) is 0 Å². The molecule has 1 heterocycles. The second kappa shape index (κ2) is 10.0. The molecule has 1 aliphatic rings. The fraction of sp³-hybridized carbons (Fsp3) is 0.640. The van der Waals surface area contributed by atoms with Gasteiger partial charge in [0.2, 0.25) is 0 Å². The summed E-state index contributed by atoms with van der Waals surface area (Å²) >= 11 is 0. The molecule has 1 aromatic carbocycles. The molecule has 0 amide bonds. The van der Waals surface area contributed by atoms with Gasteiger partial charge in [-0.1, -0.05) is 64.1 Å². The van der Waals surface area contributed by atoms with Crippen molar-refractivity contribution < 1.29 is 19.0 Å². The summed E-state index contributed by atoms with van der Waals surface area (Å²) in [6.45, 7) is 15.6. The molecule has 29 heavy (non-hydrogen) atoms. The summed E-state index contributed by atoms with van der Waals surface area (Å²) in [6, 6.07) is 10.2. The highest BCUT2D eigenvalue weighted by Gasteiger charge is 2.48. The van der Waals surface area contributed by atoms with Crippen molar-refractivity contribution >= 4 is 5.78 Å². The minimum Gasteiger partial charge on any atom is -0.376 e. The van der Waals surface area contributed by atoms with Crippen LogP contribution in [0.4, 0.5) is 0 Å². The van der Waals surface area contributed by atoms with Gasteiger partial charge in [0.1, 0.15) is 0 Å².